The summed E-state index contributed by atoms with van der Waals surface area (Å²) in [6.07, 6.45) is 0. The van der Waals surface area contributed by atoms with E-state index in [0.29, 0.717) is 21.1 Å². The van der Waals surface area contributed by atoms with E-state index < -0.39 is 5.97 Å². The molecule has 3 aromatic rings. The zero-order chi connectivity index (χ0) is 18.8. The first-order valence-electron chi connectivity index (χ1n) is 7.52. The number of carbonyl (C=O) groups is 1. The lowest BCUT2D eigenvalue weighted by Gasteiger charge is -2.09. The molecular weight excluding hydrogens is 527 g/mol. The molecule has 0 spiro atoms. The average Bonchev–Trinajstić information content (AvgIpc) is 3.18. The van der Waals surface area contributed by atoms with Crippen molar-refractivity contribution in [2.24, 2.45) is 0 Å². The quantitative estimate of drug-likeness (QED) is 0.267. The zero-order valence-corrected chi connectivity index (χ0v) is 18.9. The lowest BCUT2D eigenvalue weighted by Crippen LogP contribution is -2.08. The van der Waals surface area contributed by atoms with Crippen molar-refractivity contribution in [3.63, 3.8) is 0 Å². The number of esters is 1. The molecule has 3 rings (SSSR count). The number of carbonyl (C=O) groups excluding carboxylic acids is 1. The maximum Gasteiger partial charge on any atom is 0.359 e. The fourth-order valence-electron chi connectivity index (χ4n) is 2.46. The lowest BCUT2D eigenvalue weighted by molar-refractivity contribution is 0.0518. The molecule has 0 aliphatic heterocycles. The Morgan fingerprint density at radius 1 is 1.31 bits per heavy atom. The van der Waals surface area contributed by atoms with E-state index in [1.165, 1.54) is 0 Å². The van der Waals surface area contributed by atoms with Crippen molar-refractivity contribution in [3.05, 3.63) is 55.4 Å². The minimum atomic E-state index is -0.470. The van der Waals surface area contributed by atoms with Gasteiger partial charge in [-0.1, -0.05) is 39.1 Å². The molecule has 9 heteroatoms. The molecule has 0 amide bonds. The van der Waals surface area contributed by atoms with Crippen LogP contribution in [0.2, 0.25) is 10.0 Å². The van der Waals surface area contributed by atoms with Crippen LogP contribution < -0.4 is 0 Å². The monoisotopic (exact) mass is 536 g/mol. The van der Waals surface area contributed by atoms with Crippen LogP contribution in [0.15, 0.2) is 34.1 Å². The summed E-state index contributed by atoms with van der Waals surface area (Å²) < 4.78 is 7.81. The van der Waals surface area contributed by atoms with Crippen LogP contribution in [0.4, 0.5) is 0 Å². The minimum absolute atomic E-state index is 0.259. The van der Waals surface area contributed by atoms with Crippen molar-refractivity contribution >= 4 is 72.4 Å². The van der Waals surface area contributed by atoms with Gasteiger partial charge in [0.1, 0.15) is 0 Å². The summed E-state index contributed by atoms with van der Waals surface area (Å²) in [5, 5.41) is 5.93. The molecule has 0 aliphatic carbocycles. The second-order valence-electron chi connectivity index (χ2n) is 5.14. The summed E-state index contributed by atoms with van der Waals surface area (Å²) in [6, 6.07) is 9.06. The van der Waals surface area contributed by atoms with Gasteiger partial charge in [0.2, 0.25) is 0 Å². The number of hydrogen-bond donors (Lipinski definition) is 0. The van der Waals surface area contributed by atoms with Crippen molar-refractivity contribution in [1.82, 2.24) is 9.78 Å². The number of halogens is 4. The van der Waals surface area contributed by atoms with Crippen LogP contribution in [0, 0.1) is 0 Å². The van der Waals surface area contributed by atoms with Gasteiger partial charge < -0.3 is 4.74 Å². The van der Waals surface area contributed by atoms with Crippen LogP contribution in [0.1, 0.15) is 23.0 Å². The maximum atomic E-state index is 12.4. The van der Waals surface area contributed by atoms with Gasteiger partial charge in [-0.15, -0.1) is 11.3 Å². The van der Waals surface area contributed by atoms with E-state index in [0.717, 1.165) is 19.9 Å². The van der Waals surface area contributed by atoms with Crippen LogP contribution in [0.3, 0.4) is 0 Å². The normalized spacial score (nSPS) is 11.0. The summed E-state index contributed by atoms with van der Waals surface area (Å²) >= 11 is 20.9. The topological polar surface area (TPSA) is 44.1 Å². The number of benzene rings is 1. The summed E-state index contributed by atoms with van der Waals surface area (Å²) in [6.45, 7) is 2.03. The molecule has 1 aromatic carbocycles. The number of thiophene rings is 1. The van der Waals surface area contributed by atoms with E-state index >= 15 is 0 Å². The van der Waals surface area contributed by atoms with Crippen LogP contribution >= 0.6 is 66.4 Å². The van der Waals surface area contributed by atoms with Gasteiger partial charge in [-0.25, -0.2) is 9.48 Å². The Hall–Kier alpha value is -0.860. The van der Waals surface area contributed by atoms with Gasteiger partial charge in [0.15, 0.2) is 5.69 Å². The Morgan fingerprint density at radius 3 is 2.65 bits per heavy atom. The van der Waals surface area contributed by atoms with Gasteiger partial charge in [-0.2, -0.15) is 5.10 Å². The third-order valence-corrected chi connectivity index (χ3v) is 6.26. The molecule has 26 heavy (non-hydrogen) atoms. The first-order valence-corrected chi connectivity index (χ1v) is 11.0. The fraction of sp³-hybridized carbons (Fsp3) is 0.176. The fourth-order valence-corrected chi connectivity index (χ4v) is 4.93. The molecule has 2 aromatic heterocycles. The summed E-state index contributed by atoms with van der Waals surface area (Å²) in [7, 11) is 0. The molecule has 0 aliphatic rings. The largest absolute Gasteiger partial charge is 0.461 e. The maximum absolute atomic E-state index is 12.4. The van der Waals surface area contributed by atoms with Crippen LogP contribution in [-0.4, -0.2) is 22.4 Å². The van der Waals surface area contributed by atoms with Crippen molar-refractivity contribution in [2.45, 2.75) is 12.3 Å². The predicted octanol–water partition coefficient (Wildman–Crippen LogP) is 6.74. The van der Waals surface area contributed by atoms with Crippen LogP contribution in [-0.2, 0) is 10.1 Å². The molecule has 136 valence electrons. The predicted molar refractivity (Wildman–Crippen MR) is 113 cm³/mol. The van der Waals surface area contributed by atoms with E-state index in [1.807, 2.05) is 12.1 Å². The van der Waals surface area contributed by atoms with E-state index in [-0.39, 0.29) is 12.3 Å². The third kappa shape index (κ3) is 3.87. The molecule has 0 saturated heterocycles. The van der Waals surface area contributed by atoms with Crippen LogP contribution in [0.25, 0.3) is 16.3 Å². The molecule has 0 radical (unpaired) electrons. The second-order valence-corrected chi connectivity index (χ2v) is 9.01. The molecule has 2 heterocycles. The van der Waals surface area contributed by atoms with Gasteiger partial charge in [-0.05, 0) is 53.2 Å². The van der Waals surface area contributed by atoms with Crippen molar-refractivity contribution < 1.29 is 9.53 Å². The highest BCUT2D eigenvalue weighted by molar-refractivity contribution is 9.11. The van der Waals surface area contributed by atoms with Gasteiger partial charge >= 0.3 is 5.97 Å². The average molecular weight is 539 g/mol. The number of aromatic nitrogens is 2. The van der Waals surface area contributed by atoms with Gasteiger partial charge in [0.05, 0.1) is 31.7 Å². The number of rotatable bonds is 5. The highest BCUT2D eigenvalue weighted by atomic mass is 79.9. The molecular formula is C17H12Br2Cl2N2O2S. The van der Waals surface area contributed by atoms with Crippen molar-refractivity contribution in [3.8, 4) is 16.3 Å². The Balaban J connectivity index is 2.29. The van der Waals surface area contributed by atoms with Crippen LogP contribution in [0.5, 0.6) is 0 Å². The van der Waals surface area contributed by atoms with E-state index in [2.05, 4.69) is 37.0 Å². The number of ether oxygens (including phenoxy) is 1. The Bertz CT molecular complexity index is 972. The zero-order valence-electron chi connectivity index (χ0n) is 13.4. The summed E-state index contributed by atoms with van der Waals surface area (Å²) in [5.74, 6) is -0.470. The SMILES string of the molecule is CCOC(=O)c1nn(-c2ccc(Cl)cc2Cl)c(-c2ccc(Br)s2)c1CBr. The minimum Gasteiger partial charge on any atom is -0.461 e. The van der Waals surface area contributed by atoms with E-state index in [9.17, 15) is 4.79 Å². The van der Waals surface area contributed by atoms with Gasteiger partial charge in [-0.3, -0.25) is 0 Å². The second kappa shape index (κ2) is 8.44. The standard InChI is InChI=1S/C17H12Br2Cl2N2O2S/c1-2-25-17(24)15-10(8-18)16(13-5-6-14(19)26-13)23(22-15)12-4-3-9(20)7-11(12)21/h3-7H,2,8H2,1H3. The molecule has 4 nitrogen and oxygen atoms in total. The summed E-state index contributed by atoms with van der Waals surface area (Å²) in [5.41, 5.74) is 2.41. The van der Waals surface area contributed by atoms with Gasteiger partial charge in [0, 0.05) is 15.9 Å². The summed E-state index contributed by atoms with van der Waals surface area (Å²) in [4.78, 5) is 13.4. The molecule has 0 unspecified atom stereocenters. The first-order chi connectivity index (χ1) is 12.5. The Morgan fingerprint density at radius 2 is 2.08 bits per heavy atom. The number of hydrogen-bond acceptors (Lipinski definition) is 4. The van der Waals surface area contributed by atoms with E-state index in [1.54, 1.807) is 41.1 Å². The molecule has 0 N–H and O–H groups in total. The lowest BCUT2D eigenvalue weighted by atomic mass is 10.1. The molecule has 0 atom stereocenters. The third-order valence-electron chi connectivity index (χ3n) is 3.53. The highest BCUT2D eigenvalue weighted by Gasteiger charge is 2.26. The molecule has 0 fully saturated rings. The number of alkyl halides is 1. The Labute approximate surface area is 181 Å². The smallest absolute Gasteiger partial charge is 0.359 e. The molecule has 0 bridgehead atoms. The number of nitrogens with zero attached hydrogens (tertiary/aromatic N) is 2. The first kappa shape index (κ1) is 19.9. The van der Waals surface area contributed by atoms with Crippen molar-refractivity contribution in [1.29, 1.82) is 0 Å². The van der Waals surface area contributed by atoms with Crippen molar-refractivity contribution in [2.75, 3.05) is 6.61 Å². The van der Waals surface area contributed by atoms with Gasteiger partial charge in [0.25, 0.3) is 0 Å². The highest BCUT2D eigenvalue weighted by Crippen LogP contribution is 2.38. The van der Waals surface area contributed by atoms with E-state index in [4.69, 9.17) is 27.9 Å². The molecule has 0 saturated carbocycles. The Kier molecular flexibility index (Phi) is 6.45.